The van der Waals surface area contributed by atoms with Gasteiger partial charge in [-0.3, -0.25) is 4.90 Å². The van der Waals surface area contributed by atoms with Gasteiger partial charge in [-0.2, -0.15) is 0 Å². The van der Waals surface area contributed by atoms with Crippen LogP contribution in [-0.4, -0.2) is 65.2 Å². The molecule has 0 bridgehead atoms. The number of aliphatic hydroxyl groups excluding tert-OH is 1. The second-order valence-electron chi connectivity index (χ2n) is 3.45. The summed E-state index contributed by atoms with van der Waals surface area (Å²) in [6.07, 6.45) is 1.31. The molecule has 3 nitrogen and oxygen atoms in total. The van der Waals surface area contributed by atoms with E-state index < -0.39 is 0 Å². The Bertz CT molecular complexity index is 127. The Balaban J connectivity index is 2.08. The Morgan fingerprint density at radius 1 is 1.00 bits per heavy atom. The van der Waals surface area contributed by atoms with Gasteiger partial charge in [0.05, 0.1) is 6.61 Å². The average molecular weight is 298 g/mol. The maximum atomic E-state index is 8.77. The van der Waals surface area contributed by atoms with E-state index in [1.807, 2.05) is 0 Å². The molecule has 0 unspecified atom stereocenters. The van der Waals surface area contributed by atoms with Gasteiger partial charge in [-0.1, -0.05) is 22.6 Å². The molecule has 0 spiro atoms. The first-order chi connectivity index (χ1) is 6.36. The molecule has 0 amide bonds. The summed E-state index contributed by atoms with van der Waals surface area (Å²) in [5.74, 6) is 0. The van der Waals surface area contributed by atoms with Crippen molar-refractivity contribution >= 4 is 22.6 Å². The van der Waals surface area contributed by atoms with Crippen molar-refractivity contribution in [1.29, 1.82) is 0 Å². The van der Waals surface area contributed by atoms with Gasteiger partial charge in [0.15, 0.2) is 0 Å². The van der Waals surface area contributed by atoms with Crippen molar-refractivity contribution in [3.8, 4) is 0 Å². The van der Waals surface area contributed by atoms with Gasteiger partial charge in [-0.15, -0.1) is 0 Å². The number of piperazine rings is 1. The molecule has 0 aromatic carbocycles. The van der Waals surface area contributed by atoms with Gasteiger partial charge >= 0.3 is 0 Å². The Morgan fingerprint density at radius 3 is 2.00 bits per heavy atom. The van der Waals surface area contributed by atoms with Crippen molar-refractivity contribution in [1.82, 2.24) is 9.80 Å². The predicted octanol–water partition coefficient (Wildman–Crippen LogP) is 0.421. The lowest BCUT2D eigenvalue weighted by Crippen LogP contribution is -2.47. The van der Waals surface area contributed by atoms with E-state index in [2.05, 4.69) is 32.4 Å². The van der Waals surface area contributed by atoms with Gasteiger partial charge in [0.2, 0.25) is 0 Å². The van der Waals surface area contributed by atoms with Gasteiger partial charge in [-0.25, -0.2) is 0 Å². The van der Waals surface area contributed by atoms with Crippen LogP contribution in [0.5, 0.6) is 0 Å². The van der Waals surface area contributed by atoms with E-state index in [1.54, 1.807) is 0 Å². The van der Waals surface area contributed by atoms with Crippen LogP contribution in [0.4, 0.5) is 0 Å². The van der Waals surface area contributed by atoms with Crippen molar-refractivity contribution in [2.75, 3.05) is 50.3 Å². The molecule has 4 heteroatoms. The van der Waals surface area contributed by atoms with Crippen LogP contribution in [0.15, 0.2) is 0 Å². The maximum Gasteiger partial charge on any atom is 0.0558 e. The molecule has 0 saturated carbocycles. The molecule has 0 atom stereocenters. The summed E-state index contributed by atoms with van der Waals surface area (Å²) < 4.78 is 1.26. The van der Waals surface area contributed by atoms with E-state index in [-0.39, 0.29) is 0 Å². The molecule has 13 heavy (non-hydrogen) atoms. The number of hydrogen-bond donors (Lipinski definition) is 1. The van der Waals surface area contributed by atoms with Gasteiger partial charge in [0, 0.05) is 37.2 Å². The minimum absolute atomic E-state index is 0.299. The second-order valence-corrected chi connectivity index (χ2v) is 4.53. The zero-order chi connectivity index (χ0) is 9.52. The van der Waals surface area contributed by atoms with Crippen LogP contribution in [0.3, 0.4) is 0 Å². The van der Waals surface area contributed by atoms with Crippen LogP contribution < -0.4 is 0 Å². The van der Waals surface area contributed by atoms with Gasteiger partial charge in [0.1, 0.15) is 0 Å². The molecular weight excluding hydrogens is 279 g/mol. The van der Waals surface area contributed by atoms with Crippen LogP contribution in [0.2, 0.25) is 0 Å². The number of halogens is 1. The first kappa shape index (κ1) is 11.7. The quantitative estimate of drug-likeness (QED) is 0.589. The molecule has 1 fully saturated rings. The van der Waals surface area contributed by atoms with Crippen molar-refractivity contribution in [2.45, 2.75) is 6.42 Å². The summed E-state index contributed by atoms with van der Waals surface area (Å²) in [4.78, 5) is 4.85. The fraction of sp³-hybridized carbons (Fsp3) is 1.00. The van der Waals surface area contributed by atoms with Crippen molar-refractivity contribution in [3.63, 3.8) is 0 Å². The van der Waals surface area contributed by atoms with Crippen LogP contribution in [0, 0.1) is 0 Å². The largest absolute Gasteiger partial charge is 0.395 e. The molecule has 1 saturated heterocycles. The molecular formula is C9H19IN2O. The Labute approximate surface area is 94.2 Å². The first-order valence-corrected chi connectivity index (χ1v) is 6.51. The number of β-amino-alcohol motifs (C(OH)–C–C–N with tert-alkyl or cyclic N) is 1. The normalized spacial score (nSPS) is 20.8. The van der Waals surface area contributed by atoms with E-state index in [0.717, 1.165) is 19.6 Å². The number of nitrogens with zero attached hydrogens (tertiary/aromatic N) is 2. The molecule has 0 aromatic heterocycles. The third-order valence-electron chi connectivity index (χ3n) is 2.49. The summed E-state index contributed by atoms with van der Waals surface area (Å²) >= 11 is 2.43. The lowest BCUT2D eigenvalue weighted by molar-refractivity contribution is 0.113. The van der Waals surface area contributed by atoms with Crippen LogP contribution in [-0.2, 0) is 0 Å². The number of alkyl halides is 1. The minimum Gasteiger partial charge on any atom is -0.395 e. The minimum atomic E-state index is 0.299. The van der Waals surface area contributed by atoms with E-state index in [0.29, 0.717) is 6.61 Å². The lowest BCUT2D eigenvalue weighted by Gasteiger charge is -2.34. The smallest absolute Gasteiger partial charge is 0.0558 e. The van der Waals surface area contributed by atoms with Crippen molar-refractivity contribution in [3.05, 3.63) is 0 Å². The van der Waals surface area contributed by atoms with E-state index in [9.17, 15) is 0 Å². The summed E-state index contributed by atoms with van der Waals surface area (Å²) in [6.45, 7) is 7.00. The Hall–Kier alpha value is 0.610. The topological polar surface area (TPSA) is 26.7 Å². The molecule has 1 aliphatic rings. The molecule has 78 valence electrons. The summed E-state index contributed by atoms with van der Waals surface area (Å²) in [5, 5.41) is 8.77. The van der Waals surface area contributed by atoms with E-state index in [1.165, 1.54) is 30.5 Å². The average Bonchev–Trinajstić information content (AvgIpc) is 2.17. The van der Waals surface area contributed by atoms with Crippen molar-refractivity contribution < 1.29 is 5.11 Å². The Morgan fingerprint density at radius 2 is 1.54 bits per heavy atom. The van der Waals surface area contributed by atoms with Crippen LogP contribution >= 0.6 is 22.6 Å². The zero-order valence-electron chi connectivity index (χ0n) is 8.08. The number of rotatable bonds is 5. The summed E-state index contributed by atoms with van der Waals surface area (Å²) in [7, 11) is 0. The van der Waals surface area contributed by atoms with Gasteiger partial charge in [-0.05, 0) is 13.0 Å². The summed E-state index contributed by atoms with van der Waals surface area (Å²) in [5.41, 5.74) is 0. The molecule has 0 aromatic rings. The highest BCUT2D eigenvalue weighted by Crippen LogP contribution is 2.02. The van der Waals surface area contributed by atoms with E-state index in [4.69, 9.17) is 5.11 Å². The van der Waals surface area contributed by atoms with Gasteiger partial charge < -0.3 is 10.0 Å². The van der Waals surface area contributed by atoms with Crippen LogP contribution in [0.25, 0.3) is 0 Å². The summed E-state index contributed by atoms with van der Waals surface area (Å²) in [6, 6.07) is 0. The van der Waals surface area contributed by atoms with Crippen molar-refractivity contribution in [2.24, 2.45) is 0 Å². The molecule has 0 radical (unpaired) electrons. The number of hydrogen-bond acceptors (Lipinski definition) is 3. The second kappa shape index (κ2) is 6.98. The third kappa shape index (κ3) is 4.58. The Kier molecular flexibility index (Phi) is 6.27. The van der Waals surface area contributed by atoms with Gasteiger partial charge in [0.25, 0.3) is 0 Å². The van der Waals surface area contributed by atoms with Crippen LogP contribution in [0.1, 0.15) is 6.42 Å². The number of aliphatic hydroxyl groups is 1. The standard InChI is InChI=1S/C9H19IN2O/c10-2-1-3-11-4-6-12(7-5-11)8-9-13/h13H,1-9H2. The molecule has 0 aliphatic carbocycles. The first-order valence-electron chi connectivity index (χ1n) is 4.98. The third-order valence-corrected chi connectivity index (χ3v) is 3.25. The van der Waals surface area contributed by atoms with E-state index >= 15 is 0 Å². The highest BCUT2D eigenvalue weighted by molar-refractivity contribution is 14.1. The molecule has 1 heterocycles. The molecule has 1 aliphatic heterocycles. The monoisotopic (exact) mass is 298 g/mol. The highest BCUT2D eigenvalue weighted by atomic mass is 127. The molecule has 1 N–H and O–H groups in total. The fourth-order valence-corrected chi connectivity index (χ4v) is 2.00. The highest BCUT2D eigenvalue weighted by Gasteiger charge is 2.14. The SMILES string of the molecule is OCCN1CCN(CCCI)CC1. The zero-order valence-corrected chi connectivity index (χ0v) is 10.2. The lowest BCUT2D eigenvalue weighted by atomic mass is 10.3. The predicted molar refractivity (Wildman–Crippen MR) is 63.5 cm³/mol. The fourth-order valence-electron chi connectivity index (χ4n) is 1.66. The maximum absolute atomic E-state index is 8.77. The molecule has 1 rings (SSSR count).